The number of methoxy groups -OCH3 is 1. The predicted octanol–water partition coefficient (Wildman–Crippen LogP) is 4.71. The molecule has 1 unspecified atom stereocenters. The Hall–Kier alpha value is -2.93. The number of rotatable bonds is 7. The zero-order valence-corrected chi connectivity index (χ0v) is 18.1. The molecule has 3 heterocycles. The van der Waals surface area contributed by atoms with Gasteiger partial charge >= 0.3 is 0 Å². The third-order valence-corrected chi connectivity index (χ3v) is 6.09. The lowest BCUT2D eigenvalue weighted by molar-refractivity contribution is -0.119. The van der Waals surface area contributed by atoms with Crippen LogP contribution in [0.25, 0.3) is 11.2 Å². The molecule has 0 radical (unpaired) electrons. The fraction of sp³-hybridized carbons (Fsp3) is 0.458. The van der Waals surface area contributed by atoms with Gasteiger partial charge in [-0.05, 0) is 57.2 Å². The van der Waals surface area contributed by atoms with Crippen LogP contribution in [-0.2, 0) is 16.0 Å². The van der Waals surface area contributed by atoms with Crippen molar-refractivity contribution in [2.24, 2.45) is 5.92 Å². The van der Waals surface area contributed by atoms with Gasteiger partial charge in [0.2, 0.25) is 0 Å². The molecule has 1 atom stereocenters. The van der Waals surface area contributed by atoms with E-state index in [0.717, 1.165) is 78.5 Å². The van der Waals surface area contributed by atoms with Gasteiger partial charge in [-0.3, -0.25) is 9.36 Å². The first kappa shape index (κ1) is 20.0. The van der Waals surface area contributed by atoms with E-state index in [1.165, 1.54) is 0 Å². The summed E-state index contributed by atoms with van der Waals surface area (Å²) in [5, 5.41) is 3.48. The Bertz CT molecular complexity index is 1110. The van der Waals surface area contributed by atoms with Crippen molar-refractivity contribution in [2.45, 2.75) is 51.7 Å². The van der Waals surface area contributed by atoms with Crippen LogP contribution in [0.3, 0.4) is 0 Å². The average Bonchev–Trinajstić information content (AvgIpc) is 3.58. The van der Waals surface area contributed by atoms with Crippen molar-refractivity contribution in [1.82, 2.24) is 14.5 Å². The summed E-state index contributed by atoms with van der Waals surface area (Å²) in [6, 6.07) is 9.73. The molecular formula is C24H28N4O3. The first-order chi connectivity index (χ1) is 15.1. The summed E-state index contributed by atoms with van der Waals surface area (Å²) in [7, 11) is 1.65. The van der Waals surface area contributed by atoms with Crippen LogP contribution in [0.4, 0.5) is 11.4 Å². The van der Waals surface area contributed by atoms with Crippen molar-refractivity contribution in [3.63, 3.8) is 0 Å². The van der Waals surface area contributed by atoms with Crippen molar-refractivity contribution in [2.75, 3.05) is 19.0 Å². The summed E-state index contributed by atoms with van der Waals surface area (Å²) in [4.78, 5) is 22.3. The maximum absolute atomic E-state index is 12.5. The van der Waals surface area contributed by atoms with E-state index in [2.05, 4.69) is 9.88 Å². The van der Waals surface area contributed by atoms with Gasteiger partial charge in [-0.15, -0.1) is 0 Å². The molecule has 1 aliphatic carbocycles. The lowest BCUT2D eigenvalue weighted by Crippen LogP contribution is -2.19. The van der Waals surface area contributed by atoms with Crippen LogP contribution in [0.5, 0.6) is 5.75 Å². The van der Waals surface area contributed by atoms with Gasteiger partial charge in [0.05, 0.1) is 24.2 Å². The number of hydrogen-bond acceptors (Lipinski definition) is 6. The SMILES string of the molecule is COc1ccccc1Nc1cc(CC(=O)C2CC2)nc2c1nc(C)n2C1CCCCO1. The van der Waals surface area contributed by atoms with Crippen molar-refractivity contribution >= 4 is 28.3 Å². The van der Waals surface area contributed by atoms with E-state index in [9.17, 15) is 4.79 Å². The summed E-state index contributed by atoms with van der Waals surface area (Å²) < 4.78 is 13.7. The molecule has 3 aromatic rings. The molecular weight excluding hydrogens is 392 g/mol. The molecule has 0 amide bonds. The molecule has 2 aromatic heterocycles. The third-order valence-electron chi connectivity index (χ3n) is 6.09. The second-order valence-electron chi connectivity index (χ2n) is 8.43. The molecule has 7 nitrogen and oxygen atoms in total. The number of ketones is 1. The second kappa shape index (κ2) is 8.30. The normalized spacial score (nSPS) is 18.8. The minimum absolute atomic E-state index is 0.0697. The summed E-state index contributed by atoms with van der Waals surface area (Å²) in [6.07, 6.45) is 5.42. The van der Waals surface area contributed by atoms with Gasteiger partial charge in [-0.2, -0.15) is 0 Å². The van der Waals surface area contributed by atoms with Crippen molar-refractivity contribution < 1.29 is 14.3 Å². The van der Waals surface area contributed by atoms with Crippen LogP contribution >= 0.6 is 0 Å². The fourth-order valence-electron chi connectivity index (χ4n) is 4.30. The zero-order chi connectivity index (χ0) is 21.4. The molecule has 2 aliphatic rings. The van der Waals surface area contributed by atoms with E-state index in [0.29, 0.717) is 6.42 Å². The van der Waals surface area contributed by atoms with Gasteiger partial charge < -0.3 is 14.8 Å². The van der Waals surface area contributed by atoms with Crippen LogP contribution in [0.15, 0.2) is 30.3 Å². The van der Waals surface area contributed by atoms with E-state index < -0.39 is 0 Å². The first-order valence-electron chi connectivity index (χ1n) is 11.1. The highest BCUT2D eigenvalue weighted by molar-refractivity contribution is 5.91. The molecule has 1 saturated carbocycles. The third kappa shape index (κ3) is 4.02. The molecule has 2 fully saturated rings. The number of nitrogens with zero attached hydrogens (tertiary/aromatic N) is 3. The zero-order valence-electron chi connectivity index (χ0n) is 18.1. The molecule has 1 aromatic carbocycles. The second-order valence-corrected chi connectivity index (χ2v) is 8.43. The van der Waals surface area contributed by atoms with Crippen LogP contribution in [-0.4, -0.2) is 34.0 Å². The van der Waals surface area contributed by atoms with Gasteiger partial charge in [0.15, 0.2) is 5.65 Å². The number of hydrogen-bond donors (Lipinski definition) is 1. The summed E-state index contributed by atoms with van der Waals surface area (Å²) in [6.45, 7) is 2.73. The van der Waals surface area contributed by atoms with Gasteiger partial charge in [0, 0.05) is 18.9 Å². The van der Waals surface area contributed by atoms with Crippen LogP contribution in [0.1, 0.15) is 49.9 Å². The van der Waals surface area contributed by atoms with Gasteiger partial charge in [-0.1, -0.05) is 12.1 Å². The monoisotopic (exact) mass is 420 g/mol. The number of aromatic nitrogens is 3. The quantitative estimate of drug-likeness (QED) is 0.596. The van der Waals surface area contributed by atoms with Crippen LogP contribution < -0.4 is 10.1 Å². The molecule has 0 spiro atoms. The highest BCUT2D eigenvalue weighted by atomic mass is 16.5. The number of ether oxygens (including phenoxy) is 2. The van der Waals surface area contributed by atoms with E-state index in [-0.39, 0.29) is 17.9 Å². The summed E-state index contributed by atoms with van der Waals surface area (Å²) in [5.74, 6) is 2.08. The van der Waals surface area contributed by atoms with Crippen molar-refractivity contribution in [1.29, 1.82) is 0 Å². The van der Waals surface area contributed by atoms with Crippen molar-refractivity contribution in [3.8, 4) is 5.75 Å². The molecule has 1 saturated heterocycles. The lowest BCUT2D eigenvalue weighted by atomic mass is 10.1. The highest BCUT2D eigenvalue weighted by Crippen LogP contribution is 2.35. The maximum Gasteiger partial charge on any atom is 0.164 e. The number of pyridine rings is 1. The number of fused-ring (bicyclic) bond motifs is 1. The predicted molar refractivity (Wildman–Crippen MR) is 119 cm³/mol. The minimum Gasteiger partial charge on any atom is -0.495 e. The van der Waals surface area contributed by atoms with Crippen LogP contribution in [0, 0.1) is 12.8 Å². The van der Waals surface area contributed by atoms with E-state index in [1.54, 1.807) is 7.11 Å². The molecule has 1 aliphatic heterocycles. The number of carbonyl (C=O) groups excluding carboxylic acids is 1. The Morgan fingerprint density at radius 1 is 1.19 bits per heavy atom. The first-order valence-corrected chi connectivity index (χ1v) is 11.1. The number of anilines is 2. The number of carbonyl (C=O) groups is 1. The van der Waals surface area contributed by atoms with Gasteiger partial charge in [0.1, 0.15) is 29.1 Å². The molecule has 7 heteroatoms. The molecule has 0 bridgehead atoms. The Morgan fingerprint density at radius 2 is 2.03 bits per heavy atom. The minimum atomic E-state index is -0.0697. The lowest BCUT2D eigenvalue weighted by Gasteiger charge is -2.25. The Balaban J connectivity index is 1.60. The number of nitrogens with one attached hydrogen (secondary N) is 1. The Morgan fingerprint density at radius 3 is 2.77 bits per heavy atom. The fourth-order valence-corrected chi connectivity index (χ4v) is 4.30. The summed E-state index contributed by atoms with van der Waals surface area (Å²) >= 11 is 0. The van der Waals surface area contributed by atoms with Crippen molar-refractivity contribution in [3.05, 3.63) is 41.9 Å². The largest absolute Gasteiger partial charge is 0.495 e. The Labute approximate surface area is 181 Å². The number of aryl methyl sites for hydroxylation is 1. The number of Topliss-reactive ketones (excluding diaryl/α,β-unsaturated/α-hetero) is 1. The summed E-state index contributed by atoms with van der Waals surface area (Å²) in [5.41, 5.74) is 3.98. The molecule has 31 heavy (non-hydrogen) atoms. The van der Waals surface area contributed by atoms with E-state index >= 15 is 0 Å². The number of imidazole rings is 1. The van der Waals surface area contributed by atoms with E-state index in [4.69, 9.17) is 19.4 Å². The number of para-hydroxylation sites is 2. The van der Waals surface area contributed by atoms with Gasteiger partial charge in [0.25, 0.3) is 0 Å². The van der Waals surface area contributed by atoms with Gasteiger partial charge in [-0.25, -0.2) is 9.97 Å². The highest BCUT2D eigenvalue weighted by Gasteiger charge is 2.30. The Kier molecular flexibility index (Phi) is 5.36. The smallest absolute Gasteiger partial charge is 0.164 e. The average molecular weight is 421 g/mol. The maximum atomic E-state index is 12.5. The standard InChI is InChI=1S/C24H28N4O3/c1-15-25-23-19(27-18-7-3-4-8-21(18)30-2)13-17(14-20(29)16-10-11-16)26-24(23)28(15)22-9-5-6-12-31-22/h3-4,7-8,13,16,22H,5-6,9-12,14H2,1-2H3,(H,26,27). The topological polar surface area (TPSA) is 78.3 Å². The molecule has 1 N–H and O–H groups in total. The van der Waals surface area contributed by atoms with Crippen LogP contribution in [0.2, 0.25) is 0 Å². The number of benzene rings is 1. The molecule has 162 valence electrons. The van der Waals surface area contributed by atoms with E-state index in [1.807, 2.05) is 37.3 Å². The molecule has 5 rings (SSSR count).